The molecule has 1 unspecified atom stereocenters. The number of hydrogen-bond acceptors (Lipinski definition) is 3. The van der Waals surface area contributed by atoms with Crippen LogP contribution in [0.4, 0.5) is 5.69 Å². The zero-order valence-electron chi connectivity index (χ0n) is 8.60. The maximum atomic E-state index is 10.7. The smallest absolute Gasteiger partial charge is 0.354 e. The number of aromatic carboxylic acids is 1. The quantitative estimate of drug-likeness (QED) is 0.725. The molecule has 0 amide bonds. The van der Waals surface area contributed by atoms with Crippen LogP contribution in [0, 0.1) is 0 Å². The van der Waals surface area contributed by atoms with Gasteiger partial charge >= 0.3 is 5.97 Å². The van der Waals surface area contributed by atoms with E-state index >= 15 is 0 Å². The molecule has 0 saturated carbocycles. The zero-order valence-corrected chi connectivity index (χ0v) is 8.60. The second-order valence-corrected chi connectivity index (χ2v) is 3.30. The topological polar surface area (TPSA) is 62.2 Å². The molecule has 0 aliphatic rings. The van der Waals surface area contributed by atoms with Crippen LogP contribution in [0.15, 0.2) is 31.0 Å². The number of carboxylic acids is 1. The number of rotatable bonds is 5. The number of carbonyl (C=O) groups is 1. The Labute approximate surface area is 88.7 Å². The Morgan fingerprint density at radius 2 is 2.53 bits per heavy atom. The largest absolute Gasteiger partial charge is 0.477 e. The Balaban J connectivity index is 2.73. The summed E-state index contributed by atoms with van der Waals surface area (Å²) in [5.74, 6) is -1.02. The lowest BCUT2D eigenvalue weighted by atomic mass is 10.2. The first kappa shape index (κ1) is 11.2. The second kappa shape index (κ2) is 5.14. The Bertz CT molecular complexity index is 363. The zero-order chi connectivity index (χ0) is 11.3. The van der Waals surface area contributed by atoms with Gasteiger partial charge in [0.1, 0.15) is 5.69 Å². The molecule has 1 rings (SSSR count). The normalized spacial score (nSPS) is 11.8. The molecule has 0 aliphatic carbocycles. The molecule has 0 aromatic carbocycles. The van der Waals surface area contributed by atoms with Gasteiger partial charge in [-0.25, -0.2) is 9.78 Å². The highest BCUT2D eigenvalue weighted by Gasteiger charge is 2.06. The molecule has 0 radical (unpaired) electrons. The van der Waals surface area contributed by atoms with Crippen LogP contribution in [-0.4, -0.2) is 22.1 Å². The molecule has 0 spiro atoms. The van der Waals surface area contributed by atoms with Gasteiger partial charge in [0.25, 0.3) is 0 Å². The van der Waals surface area contributed by atoms with Crippen LogP contribution >= 0.6 is 0 Å². The summed E-state index contributed by atoms with van der Waals surface area (Å²) >= 11 is 0. The van der Waals surface area contributed by atoms with Crippen molar-refractivity contribution in [1.82, 2.24) is 4.98 Å². The van der Waals surface area contributed by atoms with Crippen molar-refractivity contribution in [3.8, 4) is 0 Å². The van der Waals surface area contributed by atoms with Crippen molar-refractivity contribution < 1.29 is 9.90 Å². The van der Waals surface area contributed by atoms with Crippen molar-refractivity contribution in [2.45, 2.75) is 19.4 Å². The van der Waals surface area contributed by atoms with Gasteiger partial charge in [0.15, 0.2) is 0 Å². The fraction of sp³-hybridized carbons (Fsp3) is 0.273. The fourth-order valence-corrected chi connectivity index (χ4v) is 1.23. The van der Waals surface area contributed by atoms with Gasteiger partial charge in [-0.2, -0.15) is 0 Å². The molecule has 80 valence electrons. The number of aromatic nitrogens is 1. The molecule has 0 fully saturated rings. The number of anilines is 1. The Kier molecular flexibility index (Phi) is 3.85. The highest BCUT2D eigenvalue weighted by Crippen LogP contribution is 2.10. The molecular formula is C11H14N2O2. The Morgan fingerprint density at radius 3 is 3.13 bits per heavy atom. The summed E-state index contributed by atoms with van der Waals surface area (Å²) in [5, 5.41) is 11.9. The van der Waals surface area contributed by atoms with Gasteiger partial charge in [-0.3, -0.25) is 0 Å². The predicted octanol–water partition coefficient (Wildman–Crippen LogP) is 2.16. The average Bonchev–Trinajstić information content (AvgIpc) is 2.18. The SMILES string of the molecule is C=CCC(C)Nc1ccnc(C(=O)O)c1. The van der Waals surface area contributed by atoms with E-state index in [2.05, 4.69) is 16.9 Å². The monoisotopic (exact) mass is 206 g/mol. The Morgan fingerprint density at radius 1 is 1.80 bits per heavy atom. The molecule has 4 heteroatoms. The van der Waals surface area contributed by atoms with Crippen LogP contribution in [0.25, 0.3) is 0 Å². The maximum Gasteiger partial charge on any atom is 0.354 e. The summed E-state index contributed by atoms with van der Waals surface area (Å²) in [4.78, 5) is 14.4. The van der Waals surface area contributed by atoms with E-state index in [9.17, 15) is 4.79 Å². The molecule has 4 nitrogen and oxygen atoms in total. The van der Waals surface area contributed by atoms with E-state index in [-0.39, 0.29) is 11.7 Å². The van der Waals surface area contributed by atoms with Crippen LogP contribution in [0.3, 0.4) is 0 Å². The minimum Gasteiger partial charge on any atom is -0.477 e. The summed E-state index contributed by atoms with van der Waals surface area (Å²) in [6.07, 6.45) is 4.12. The fourth-order valence-electron chi connectivity index (χ4n) is 1.23. The van der Waals surface area contributed by atoms with E-state index in [4.69, 9.17) is 5.11 Å². The molecule has 1 aromatic rings. The third-order valence-electron chi connectivity index (χ3n) is 1.91. The van der Waals surface area contributed by atoms with Gasteiger partial charge < -0.3 is 10.4 Å². The van der Waals surface area contributed by atoms with Crippen molar-refractivity contribution in [3.05, 3.63) is 36.7 Å². The molecule has 1 atom stereocenters. The molecule has 15 heavy (non-hydrogen) atoms. The van der Waals surface area contributed by atoms with Crippen molar-refractivity contribution in [2.75, 3.05) is 5.32 Å². The molecule has 2 N–H and O–H groups in total. The van der Waals surface area contributed by atoms with E-state index in [1.807, 2.05) is 13.0 Å². The standard InChI is InChI=1S/C11H14N2O2/c1-3-4-8(2)13-9-5-6-12-10(7-9)11(14)15/h3,5-8H,1,4H2,2H3,(H,12,13)(H,14,15). The van der Waals surface area contributed by atoms with Crippen LogP contribution in [0.2, 0.25) is 0 Å². The number of pyridine rings is 1. The van der Waals surface area contributed by atoms with E-state index in [0.717, 1.165) is 12.1 Å². The van der Waals surface area contributed by atoms with Gasteiger partial charge in [0, 0.05) is 17.9 Å². The van der Waals surface area contributed by atoms with E-state index in [0.29, 0.717) is 0 Å². The van der Waals surface area contributed by atoms with E-state index in [1.165, 1.54) is 12.3 Å². The summed E-state index contributed by atoms with van der Waals surface area (Å²) in [7, 11) is 0. The van der Waals surface area contributed by atoms with E-state index < -0.39 is 5.97 Å². The molecule has 1 heterocycles. The highest BCUT2D eigenvalue weighted by molar-refractivity contribution is 5.86. The van der Waals surface area contributed by atoms with Gasteiger partial charge in [-0.15, -0.1) is 6.58 Å². The number of hydrogen-bond donors (Lipinski definition) is 2. The van der Waals surface area contributed by atoms with Gasteiger partial charge in [-0.05, 0) is 25.5 Å². The number of nitrogens with one attached hydrogen (secondary N) is 1. The van der Waals surface area contributed by atoms with Crippen LogP contribution < -0.4 is 5.32 Å². The third kappa shape index (κ3) is 3.42. The van der Waals surface area contributed by atoms with Gasteiger partial charge in [0.2, 0.25) is 0 Å². The summed E-state index contributed by atoms with van der Waals surface area (Å²) in [5.41, 5.74) is 0.808. The van der Waals surface area contributed by atoms with Gasteiger partial charge in [-0.1, -0.05) is 6.08 Å². The van der Waals surface area contributed by atoms with Gasteiger partial charge in [0.05, 0.1) is 0 Å². The van der Waals surface area contributed by atoms with Crippen molar-refractivity contribution in [2.24, 2.45) is 0 Å². The van der Waals surface area contributed by atoms with Crippen LogP contribution in [0.5, 0.6) is 0 Å². The lowest BCUT2D eigenvalue weighted by molar-refractivity contribution is 0.0690. The number of nitrogens with zero attached hydrogens (tertiary/aromatic N) is 1. The van der Waals surface area contributed by atoms with Crippen molar-refractivity contribution in [3.63, 3.8) is 0 Å². The first-order chi connectivity index (χ1) is 7.13. The lowest BCUT2D eigenvalue weighted by Crippen LogP contribution is -2.14. The molecule has 1 aromatic heterocycles. The first-order valence-electron chi connectivity index (χ1n) is 4.70. The lowest BCUT2D eigenvalue weighted by Gasteiger charge is -2.12. The molecular weight excluding hydrogens is 192 g/mol. The van der Waals surface area contributed by atoms with Crippen molar-refractivity contribution in [1.29, 1.82) is 0 Å². The highest BCUT2D eigenvalue weighted by atomic mass is 16.4. The Hall–Kier alpha value is -1.84. The maximum absolute atomic E-state index is 10.7. The molecule has 0 saturated heterocycles. The van der Waals surface area contributed by atoms with Crippen molar-refractivity contribution >= 4 is 11.7 Å². The number of carboxylic acid groups (broad SMARTS) is 1. The average molecular weight is 206 g/mol. The third-order valence-corrected chi connectivity index (χ3v) is 1.91. The first-order valence-corrected chi connectivity index (χ1v) is 4.70. The second-order valence-electron chi connectivity index (χ2n) is 3.30. The van der Waals surface area contributed by atoms with Crippen LogP contribution in [-0.2, 0) is 0 Å². The predicted molar refractivity (Wildman–Crippen MR) is 59.1 cm³/mol. The summed E-state index contributed by atoms with van der Waals surface area (Å²) < 4.78 is 0. The minimum atomic E-state index is -1.02. The minimum absolute atomic E-state index is 0.0470. The molecule has 0 bridgehead atoms. The van der Waals surface area contributed by atoms with Crippen LogP contribution in [0.1, 0.15) is 23.8 Å². The van der Waals surface area contributed by atoms with E-state index in [1.54, 1.807) is 6.07 Å². The summed E-state index contributed by atoms with van der Waals surface area (Å²) in [6.45, 7) is 5.64. The summed E-state index contributed by atoms with van der Waals surface area (Å²) in [6, 6.07) is 3.49. The molecule has 0 aliphatic heterocycles.